The van der Waals surface area contributed by atoms with Gasteiger partial charge in [0, 0.05) is 24.7 Å². The number of fused-ring (bicyclic) bond motifs is 1. The lowest BCUT2D eigenvalue weighted by molar-refractivity contribution is -0.132. The van der Waals surface area contributed by atoms with Gasteiger partial charge in [-0.2, -0.15) is 0 Å². The molecule has 2 aliphatic heterocycles. The first-order valence-corrected chi connectivity index (χ1v) is 8.10. The van der Waals surface area contributed by atoms with Gasteiger partial charge >= 0.3 is 0 Å². The highest BCUT2D eigenvalue weighted by Gasteiger charge is 2.38. The van der Waals surface area contributed by atoms with E-state index in [0.717, 1.165) is 0 Å². The molecule has 0 aromatic heterocycles. The summed E-state index contributed by atoms with van der Waals surface area (Å²) in [7, 11) is 0. The van der Waals surface area contributed by atoms with Crippen molar-refractivity contribution in [2.45, 2.75) is 25.8 Å². The molecule has 3 amide bonds. The Morgan fingerprint density at radius 2 is 1.92 bits per heavy atom. The van der Waals surface area contributed by atoms with Gasteiger partial charge in [-0.05, 0) is 26.0 Å². The van der Waals surface area contributed by atoms with Crippen molar-refractivity contribution < 1.29 is 23.9 Å². The van der Waals surface area contributed by atoms with Crippen molar-refractivity contribution in [3.63, 3.8) is 0 Å². The van der Waals surface area contributed by atoms with E-state index >= 15 is 0 Å². The van der Waals surface area contributed by atoms with Crippen LogP contribution < -0.4 is 25.4 Å². The summed E-state index contributed by atoms with van der Waals surface area (Å²) in [6.07, 6.45) is 0.0785. The largest absolute Gasteiger partial charge is 0.486 e. The first kappa shape index (κ1) is 17.1. The van der Waals surface area contributed by atoms with Crippen molar-refractivity contribution in [2.75, 3.05) is 24.7 Å². The summed E-state index contributed by atoms with van der Waals surface area (Å²) in [5.41, 5.74) is 4.76. The number of hydrogen-bond donors (Lipinski definition) is 2. The van der Waals surface area contributed by atoms with Gasteiger partial charge in [-0.15, -0.1) is 0 Å². The number of carbonyl (C=O) groups excluding carboxylic acids is 3. The average Bonchev–Trinajstić information content (AvgIpc) is 2.96. The molecule has 1 unspecified atom stereocenters. The Morgan fingerprint density at radius 3 is 2.60 bits per heavy atom. The van der Waals surface area contributed by atoms with Gasteiger partial charge in [-0.25, -0.2) is 0 Å². The number of nitrogens with two attached hydrogens (primary N) is 1. The van der Waals surface area contributed by atoms with Crippen LogP contribution in [0.25, 0.3) is 0 Å². The summed E-state index contributed by atoms with van der Waals surface area (Å²) in [5.74, 6) is -0.474. The number of nitrogens with zero attached hydrogens (tertiary/aromatic N) is 1. The lowest BCUT2D eigenvalue weighted by atomic mass is 10.0. The normalized spacial score (nSPS) is 19.7. The first-order valence-electron chi connectivity index (χ1n) is 8.10. The van der Waals surface area contributed by atoms with Gasteiger partial charge in [-0.1, -0.05) is 0 Å². The summed E-state index contributed by atoms with van der Waals surface area (Å²) < 4.78 is 11.0. The van der Waals surface area contributed by atoms with Crippen LogP contribution in [0.1, 0.15) is 20.3 Å². The fourth-order valence-corrected chi connectivity index (χ4v) is 2.80. The van der Waals surface area contributed by atoms with Crippen molar-refractivity contribution in [2.24, 2.45) is 11.7 Å². The molecule has 0 saturated carbocycles. The molecule has 1 aromatic rings. The molecule has 1 aromatic carbocycles. The highest BCUT2D eigenvalue weighted by Crippen LogP contribution is 2.36. The van der Waals surface area contributed by atoms with E-state index in [0.29, 0.717) is 30.4 Å². The van der Waals surface area contributed by atoms with Gasteiger partial charge in [0.15, 0.2) is 11.5 Å². The molecule has 8 nitrogen and oxygen atoms in total. The molecule has 2 heterocycles. The van der Waals surface area contributed by atoms with Gasteiger partial charge < -0.3 is 25.4 Å². The number of amides is 3. The van der Waals surface area contributed by atoms with E-state index in [9.17, 15) is 14.4 Å². The number of benzene rings is 1. The van der Waals surface area contributed by atoms with Gasteiger partial charge in [0.1, 0.15) is 18.8 Å². The predicted octanol–water partition coefficient (Wildman–Crippen LogP) is 0.191. The Bertz CT molecular complexity index is 731. The SMILES string of the molecule is CC(C)(NC(=O)C1CC(=O)N(c2ccc3c(c2)OCCO3)C1)C(N)=O. The third-order valence-corrected chi connectivity index (χ3v) is 4.38. The second-order valence-corrected chi connectivity index (χ2v) is 6.71. The van der Waals surface area contributed by atoms with E-state index in [1.54, 1.807) is 23.1 Å². The Morgan fingerprint density at radius 1 is 1.24 bits per heavy atom. The smallest absolute Gasteiger partial charge is 0.242 e. The summed E-state index contributed by atoms with van der Waals surface area (Å²) >= 11 is 0. The van der Waals surface area contributed by atoms with Crippen LogP contribution in [0, 0.1) is 5.92 Å². The summed E-state index contributed by atoms with van der Waals surface area (Å²) in [4.78, 5) is 37.6. The molecular formula is C17H21N3O5. The minimum Gasteiger partial charge on any atom is -0.486 e. The molecule has 3 N–H and O–H groups in total. The maximum absolute atomic E-state index is 12.4. The number of ether oxygens (including phenoxy) is 2. The third kappa shape index (κ3) is 3.38. The molecule has 2 aliphatic rings. The molecule has 1 saturated heterocycles. The molecule has 134 valence electrons. The number of hydrogen-bond acceptors (Lipinski definition) is 5. The Kier molecular flexibility index (Phi) is 4.28. The fraction of sp³-hybridized carbons (Fsp3) is 0.471. The zero-order valence-electron chi connectivity index (χ0n) is 14.2. The number of primary amides is 1. The number of carbonyl (C=O) groups is 3. The van der Waals surface area contributed by atoms with Crippen molar-refractivity contribution in [1.82, 2.24) is 5.32 Å². The van der Waals surface area contributed by atoms with Crippen LogP contribution in [0.3, 0.4) is 0 Å². The van der Waals surface area contributed by atoms with E-state index in [1.807, 2.05) is 0 Å². The van der Waals surface area contributed by atoms with E-state index in [4.69, 9.17) is 15.2 Å². The molecule has 8 heteroatoms. The second-order valence-electron chi connectivity index (χ2n) is 6.71. The van der Waals surface area contributed by atoms with Gasteiger partial charge in [0.25, 0.3) is 0 Å². The minimum absolute atomic E-state index is 0.0785. The van der Waals surface area contributed by atoms with Crippen molar-refractivity contribution >= 4 is 23.4 Å². The van der Waals surface area contributed by atoms with Crippen molar-refractivity contribution in [3.05, 3.63) is 18.2 Å². The predicted molar refractivity (Wildman–Crippen MR) is 89.3 cm³/mol. The Labute approximate surface area is 145 Å². The molecule has 3 rings (SSSR count). The highest BCUT2D eigenvalue weighted by molar-refractivity contribution is 6.01. The molecule has 25 heavy (non-hydrogen) atoms. The maximum atomic E-state index is 12.4. The maximum Gasteiger partial charge on any atom is 0.242 e. The summed E-state index contributed by atoms with van der Waals surface area (Å²) in [5, 5.41) is 2.60. The number of rotatable bonds is 4. The summed E-state index contributed by atoms with van der Waals surface area (Å²) in [6.45, 7) is 4.24. The Hall–Kier alpha value is -2.77. The van der Waals surface area contributed by atoms with Crippen LogP contribution in [0.15, 0.2) is 18.2 Å². The lowest BCUT2D eigenvalue weighted by Crippen LogP contribution is -2.54. The molecule has 0 bridgehead atoms. The van der Waals surface area contributed by atoms with E-state index in [1.165, 1.54) is 13.8 Å². The number of nitrogens with one attached hydrogen (secondary N) is 1. The molecule has 1 fully saturated rings. The standard InChI is InChI=1S/C17H21N3O5/c1-17(2,16(18)23)19-15(22)10-7-14(21)20(9-10)11-3-4-12-13(8-11)25-6-5-24-12/h3-4,8,10H,5-7,9H2,1-2H3,(H2,18,23)(H,19,22). The number of anilines is 1. The zero-order valence-corrected chi connectivity index (χ0v) is 14.2. The minimum atomic E-state index is -1.16. The second kappa shape index (κ2) is 6.27. The molecule has 1 atom stereocenters. The van der Waals surface area contributed by atoms with Gasteiger partial charge in [-0.3, -0.25) is 14.4 Å². The van der Waals surface area contributed by atoms with Crippen molar-refractivity contribution in [1.29, 1.82) is 0 Å². The van der Waals surface area contributed by atoms with Crippen LogP contribution in [0.2, 0.25) is 0 Å². The lowest BCUT2D eigenvalue weighted by Gasteiger charge is -2.24. The Balaban J connectivity index is 1.72. The molecule has 0 radical (unpaired) electrons. The highest BCUT2D eigenvalue weighted by atomic mass is 16.6. The van der Waals surface area contributed by atoms with E-state index < -0.39 is 17.4 Å². The zero-order chi connectivity index (χ0) is 18.2. The van der Waals surface area contributed by atoms with Gasteiger partial charge in [0.05, 0.1) is 5.92 Å². The van der Waals surface area contributed by atoms with E-state index in [2.05, 4.69) is 5.32 Å². The fourth-order valence-electron chi connectivity index (χ4n) is 2.80. The topological polar surface area (TPSA) is 111 Å². The van der Waals surface area contributed by atoms with Crippen LogP contribution >= 0.6 is 0 Å². The van der Waals surface area contributed by atoms with E-state index in [-0.39, 0.29) is 24.8 Å². The van der Waals surface area contributed by atoms with Gasteiger partial charge in [0.2, 0.25) is 17.7 Å². The van der Waals surface area contributed by atoms with Crippen LogP contribution in [0.4, 0.5) is 5.69 Å². The molecular weight excluding hydrogens is 326 g/mol. The third-order valence-electron chi connectivity index (χ3n) is 4.38. The monoisotopic (exact) mass is 347 g/mol. The first-order chi connectivity index (χ1) is 11.8. The van der Waals surface area contributed by atoms with Crippen LogP contribution in [0.5, 0.6) is 11.5 Å². The quantitative estimate of drug-likeness (QED) is 0.808. The molecule has 0 spiro atoms. The van der Waals surface area contributed by atoms with Crippen LogP contribution in [-0.2, 0) is 14.4 Å². The average molecular weight is 347 g/mol. The molecule has 0 aliphatic carbocycles. The van der Waals surface area contributed by atoms with Crippen molar-refractivity contribution in [3.8, 4) is 11.5 Å². The van der Waals surface area contributed by atoms with Crippen LogP contribution in [-0.4, -0.2) is 43.0 Å². The summed E-state index contributed by atoms with van der Waals surface area (Å²) in [6, 6.07) is 5.25.